The molecule has 17 heavy (non-hydrogen) atoms. The summed E-state index contributed by atoms with van der Waals surface area (Å²) in [6.45, 7) is 1.39. The van der Waals surface area contributed by atoms with Gasteiger partial charge in [-0.1, -0.05) is 19.3 Å². The van der Waals surface area contributed by atoms with Gasteiger partial charge in [-0.25, -0.2) is 4.79 Å². The van der Waals surface area contributed by atoms with Crippen molar-refractivity contribution in [3.8, 4) is 0 Å². The number of amides is 2. The average Bonchev–Trinajstić information content (AvgIpc) is 2.44. The zero-order chi connectivity index (χ0) is 12.8. The van der Waals surface area contributed by atoms with Crippen molar-refractivity contribution in [3.05, 3.63) is 0 Å². The molecule has 0 spiro atoms. The zero-order valence-corrected chi connectivity index (χ0v) is 9.98. The second-order valence-corrected chi connectivity index (χ2v) is 4.49. The molecule has 1 aliphatic rings. The number of hydrogen-bond acceptors (Lipinski definition) is 3. The van der Waals surface area contributed by atoms with Crippen LogP contribution in [0.2, 0.25) is 0 Å². The van der Waals surface area contributed by atoms with Gasteiger partial charge in [0.1, 0.15) is 6.04 Å². The molecule has 2 amide bonds. The van der Waals surface area contributed by atoms with E-state index in [-0.39, 0.29) is 6.04 Å². The Balaban J connectivity index is 2.41. The van der Waals surface area contributed by atoms with Gasteiger partial charge in [-0.15, -0.1) is 0 Å². The Morgan fingerprint density at radius 1 is 1.24 bits per heavy atom. The first-order valence-corrected chi connectivity index (χ1v) is 5.98. The fourth-order valence-corrected chi connectivity index (χ4v) is 1.92. The van der Waals surface area contributed by atoms with Crippen LogP contribution in [0.5, 0.6) is 0 Å². The fourth-order valence-electron chi connectivity index (χ4n) is 1.92. The Bertz CT molecular complexity index is 283. The molecule has 6 nitrogen and oxygen atoms in total. The van der Waals surface area contributed by atoms with Crippen LogP contribution >= 0.6 is 0 Å². The lowest BCUT2D eigenvalue weighted by atomic mass is 10.1. The fraction of sp³-hybridized carbons (Fsp3) is 0.818. The maximum atomic E-state index is 11.5. The minimum absolute atomic E-state index is 0.279. The second-order valence-electron chi connectivity index (χ2n) is 4.49. The maximum Gasteiger partial charge on any atom is 0.325 e. The molecule has 3 atom stereocenters. The number of nitrogens with one attached hydrogen (secondary N) is 2. The Morgan fingerprint density at radius 3 is 2.53 bits per heavy atom. The molecule has 3 unspecified atom stereocenters. The lowest BCUT2D eigenvalue weighted by Crippen LogP contribution is -2.50. The molecular formula is C11H20N2O4. The highest BCUT2D eigenvalue weighted by Crippen LogP contribution is 2.17. The van der Waals surface area contributed by atoms with Crippen molar-refractivity contribution < 1.29 is 19.8 Å². The number of aliphatic hydroxyl groups is 1. The first-order valence-electron chi connectivity index (χ1n) is 5.98. The molecule has 0 aromatic rings. The van der Waals surface area contributed by atoms with E-state index in [0.717, 1.165) is 25.7 Å². The van der Waals surface area contributed by atoms with Crippen LogP contribution in [0, 0.1) is 0 Å². The van der Waals surface area contributed by atoms with E-state index in [1.807, 2.05) is 0 Å². The zero-order valence-electron chi connectivity index (χ0n) is 9.98. The summed E-state index contributed by atoms with van der Waals surface area (Å²) in [7, 11) is 0. The largest absolute Gasteiger partial charge is 0.480 e. The van der Waals surface area contributed by atoms with E-state index in [1.165, 1.54) is 6.92 Å². The van der Waals surface area contributed by atoms with E-state index in [1.54, 1.807) is 0 Å². The first-order chi connectivity index (χ1) is 8.00. The van der Waals surface area contributed by atoms with Crippen LogP contribution in [0.1, 0.15) is 39.0 Å². The van der Waals surface area contributed by atoms with E-state index in [0.29, 0.717) is 6.42 Å². The summed E-state index contributed by atoms with van der Waals surface area (Å²) < 4.78 is 0. The number of rotatable bonds is 3. The Hall–Kier alpha value is -1.30. The van der Waals surface area contributed by atoms with Crippen LogP contribution < -0.4 is 10.6 Å². The number of aliphatic hydroxyl groups excluding tert-OH is 1. The molecule has 6 heteroatoms. The van der Waals surface area contributed by atoms with Crippen molar-refractivity contribution >= 4 is 12.0 Å². The van der Waals surface area contributed by atoms with Crippen LogP contribution in [0.25, 0.3) is 0 Å². The molecule has 1 aliphatic carbocycles. The van der Waals surface area contributed by atoms with E-state index in [2.05, 4.69) is 10.6 Å². The summed E-state index contributed by atoms with van der Waals surface area (Å²) in [5.41, 5.74) is 0. The summed E-state index contributed by atoms with van der Waals surface area (Å²) >= 11 is 0. The summed E-state index contributed by atoms with van der Waals surface area (Å²) in [5.74, 6) is -1.08. The van der Waals surface area contributed by atoms with Crippen LogP contribution in [0.4, 0.5) is 4.79 Å². The number of aliphatic carboxylic acids is 1. The molecule has 98 valence electrons. The highest BCUT2D eigenvalue weighted by molar-refractivity contribution is 5.82. The predicted octanol–water partition coefficient (Wildman–Crippen LogP) is 0.452. The van der Waals surface area contributed by atoms with Gasteiger partial charge >= 0.3 is 12.0 Å². The Morgan fingerprint density at radius 2 is 1.88 bits per heavy atom. The standard InChI is InChI=1S/C11H20N2O4/c1-7(10(15)16)12-11(17)13-8-5-3-2-4-6-9(8)14/h7-9,14H,2-6H2,1H3,(H,15,16)(H2,12,13,17). The molecule has 1 fully saturated rings. The number of hydrogen-bond donors (Lipinski definition) is 4. The molecule has 0 aromatic carbocycles. The van der Waals surface area contributed by atoms with E-state index >= 15 is 0 Å². The van der Waals surface area contributed by atoms with Gasteiger partial charge in [-0.3, -0.25) is 4.79 Å². The summed E-state index contributed by atoms with van der Waals surface area (Å²) in [6, 6.07) is -1.75. The van der Waals surface area contributed by atoms with Gasteiger partial charge < -0.3 is 20.8 Å². The van der Waals surface area contributed by atoms with E-state index in [4.69, 9.17) is 5.11 Å². The summed E-state index contributed by atoms with van der Waals surface area (Å²) in [6.07, 6.45) is 3.87. The van der Waals surface area contributed by atoms with Crippen molar-refractivity contribution in [2.24, 2.45) is 0 Å². The minimum Gasteiger partial charge on any atom is -0.480 e. The van der Waals surface area contributed by atoms with Gasteiger partial charge in [-0.05, 0) is 19.8 Å². The van der Waals surface area contributed by atoms with Gasteiger partial charge in [0.25, 0.3) is 0 Å². The van der Waals surface area contributed by atoms with Gasteiger partial charge in [0, 0.05) is 0 Å². The molecule has 0 saturated heterocycles. The molecular weight excluding hydrogens is 224 g/mol. The molecule has 0 heterocycles. The van der Waals surface area contributed by atoms with Crippen molar-refractivity contribution in [2.45, 2.75) is 57.2 Å². The van der Waals surface area contributed by atoms with Gasteiger partial charge in [0.05, 0.1) is 12.1 Å². The molecule has 4 N–H and O–H groups in total. The molecule has 1 rings (SSSR count). The number of carbonyl (C=O) groups is 2. The van der Waals surface area contributed by atoms with Gasteiger partial charge in [0.2, 0.25) is 0 Å². The second kappa shape index (κ2) is 6.44. The molecule has 0 aliphatic heterocycles. The number of carboxylic acid groups (broad SMARTS) is 1. The third-order valence-electron chi connectivity index (χ3n) is 3.01. The van der Waals surface area contributed by atoms with Crippen molar-refractivity contribution in [2.75, 3.05) is 0 Å². The van der Waals surface area contributed by atoms with E-state index < -0.39 is 24.1 Å². The Kier molecular flexibility index (Phi) is 5.21. The van der Waals surface area contributed by atoms with Gasteiger partial charge in [0.15, 0.2) is 0 Å². The highest BCUT2D eigenvalue weighted by atomic mass is 16.4. The lowest BCUT2D eigenvalue weighted by Gasteiger charge is -2.22. The summed E-state index contributed by atoms with van der Waals surface area (Å²) in [5, 5.41) is 23.4. The third kappa shape index (κ3) is 4.60. The normalized spacial score (nSPS) is 26.7. The molecule has 0 aromatic heterocycles. The lowest BCUT2D eigenvalue weighted by molar-refractivity contribution is -0.138. The Labute approximate surface area is 100 Å². The number of carboxylic acids is 1. The monoisotopic (exact) mass is 244 g/mol. The van der Waals surface area contributed by atoms with E-state index in [9.17, 15) is 14.7 Å². The number of urea groups is 1. The highest BCUT2D eigenvalue weighted by Gasteiger charge is 2.24. The molecule has 0 radical (unpaired) electrons. The quantitative estimate of drug-likeness (QED) is 0.542. The van der Waals surface area contributed by atoms with Crippen molar-refractivity contribution in [1.29, 1.82) is 0 Å². The number of carbonyl (C=O) groups excluding carboxylic acids is 1. The van der Waals surface area contributed by atoms with Crippen LogP contribution in [0.15, 0.2) is 0 Å². The topological polar surface area (TPSA) is 98.7 Å². The maximum absolute atomic E-state index is 11.5. The third-order valence-corrected chi connectivity index (χ3v) is 3.01. The average molecular weight is 244 g/mol. The molecule has 1 saturated carbocycles. The van der Waals surface area contributed by atoms with Crippen LogP contribution in [0.3, 0.4) is 0 Å². The molecule has 0 bridgehead atoms. The van der Waals surface area contributed by atoms with Crippen LogP contribution in [-0.2, 0) is 4.79 Å². The minimum atomic E-state index is -1.08. The first kappa shape index (κ1) is 13.8. The van der Waals surface area contributed by atoms with Gasteiger partial charge in [-0.2, -0.15) is 0 Å². The smallest absolute Gasteiger partial charge is 0.325 e. The predicted molar refractivity (Wildman–Crippen MR) is 61.6 cm³/mol. The SMILES string of the molecule is CC(NC(=O)NC1CCCCCC1O)C(=O)O. The summed E-state index contributed by atoms with van der Waals surface area (Å²) in [4.78, 5) is 22.0. The van der Waals surface area contributed by atoms with Crippen LogP contribution in [-0.4, -0.2) is 40.4 Å². The van der Waals surface area contributed by atoms with Crippen molar-refractivity contribution in [3.63, 3.8) is 0 Å². The van der Waals surface area contributed by atoms with Crippen molar-refractivity contribution in [1.82, 2.24) is 10.6 Å².